The van der Waals surface area contributed by atoms with Crippen LogP contribution in [0.15, 0.2) is 53.8 Å². The van der Waals surface area contributed by atoms with Gasteiger partial charge >= 0.3 is 5.97 Å². The number of aliphatic carboxylic acids is 1. The molecule has 0 spiro atoms. The summed E-state index contributed by atoms with van der Waals surface area (Å²) in [4.78, 5) is 57.7. The number of rotatable bonds is 38. The highest BCUT2D eigenvalue weighted by Crippen LogP contribution is 2.35. The van der Waals surface area contributed by atoms with Gasteiger partial charge in [0.1, 0.15) is 24.5 Å². The number of phenols is 1. The third kappa shape index (κ3) is 21.9. The maximum atomic E-state index is 13.6. The Kier molecular flexibility index (Phi) is 28.3. The normalized spacial score (nSPS) is 19.3. The fourth-order valence-corrected chi connectivity index (χ4v) is 9.05. The third-order valence-corrected chi connectivity index (χ3v) is 13.3. The quantitative estimate of drug-likeness (QED) is 0.0187. The number of phenolic OH excluding ortho intramolecular Hbond substituents is 1. The highest BCUT2D eigenvalue weighted by molar-refractivity contribution is 5.95. The second-order valence-corrected chi connectivity index (χ2v) is 19.3. The molecule has 3 aromatic rings. The zero-order valence-corrected chi connectivity index (χ0v) is 45.2. The third-order valence-electron chi connectivity index (χ3n) is 13.3. The zero-order chi connectivity index (χ0) is 56.8. The van der Waals surface area contributed by atoms with E-state index >= 15 is 0 Å². The van der Waals surface area contributed by atoms with E-state index in [4.69, 9.17) is 43.4 Å². The number of hydrogen-bond donors (Lipinski definition) is 7. The number of aliphatic hydroxyl groups excluding tert-OH is 3. The summed E-state index contributed by atoms with van der Waals surface area (Å²) >= 11 is 0. The molecule has 7 N–H and O–H groups in total. The summed E-state index contributed by atoms with van der Waals surface area (Å²) in [5, 5.41) is 72.5. The van der Waals surface area contributed by atoms with Gasteiger partial charge in [0.15, 0.2) is 0 Å². The first-order valence-electron chi connectivity index (χ1n) is 26.9. The lowest BCUT2D eigenvalue weighted by Crippen LogP contribution is -2.68. The van der Waals surface area contributed by atoms with Gasteiger partial charge in [-0.3, -0.25) is 14.4 Å². The van der Waals surface area contributed by atoms with E-state index in [1.807, 2.05) is 30.3 Å². The first kappa shape index (κ1) is 64.0. The number of carboxylic acid groups (broad SMARTS) is 1. The molecule has 1 aliphatic carbocycles. The molecular weight excluding hydrogens is 1030 g/mol. The number of hydrogen-bond acceptors (Lipinski definition) is 19. The number of carbonyl (C=O) groups is 4. The van der Waals surface area contributed by atoms with E-state index in [2.05, 4.69) is 31.0 Å². The van der Waals surface area contributed by atoms with E-state index in [0.717, 1.165) is 43.4 Å². The fourth-order valence-electron chi connectivity index (χ4n) is 9.05. The van der Waals surface area contributed by atoms with Crippen LogP contribution in [0.25, 0.3) is 10.4 Å². The van der Waals surface area contributed by atoms with E-state index in [0.29, 0.717) is 70.6 Å². The van der Waals surface area contributed by atoms with Crippen LogP contribution in [0.1, 0.15) is 90.0 Å². The highest BCUT2D eigenvalue weighted by atomic mass is 16.7. The van der Waals surface area contributed by atoms with Crippen molar-refractivity contribution < 1.29 is 82.6 Å². The Bertz CT molecular complexity index is 2330. The zero-order valence-electron chi connectivity index (χ0n) is 45.2. The number of benzene rings is 2. The van der Waals surface area contributed by atoms with Crippen LogP contribution in [0, 0.1) is 13.8 Å². The Morgan fingerprint density at radius 1 is 0.873 bits per heavy atom. The number of carbonyl (C=O) groups excluding carboxylic acids is 3. The molecule has 2 unspecified atom stereocenters. The number of aromatic hydroxyl groups is 1. The number of azide groups is 1. The molecule has 438 valence electrons. The predicted molar refractivity (Wildman–Crippen MR) is 282 cm³/mol. The van der Waals surface area contributed by atoms with Crippen molar-refractivity contribution >= 4 is 23.7 Å². The number of aromatic nitrogens is 3. The van der Waals surface area contributed by atoms with E-state index in [-0.39, 0.29) is 88.6 Å². The van der Waals surface area contributed by atoms with Crippen molar-refractivity contribution in [3.63, 3.8) is 0 Å². The Labute approximate surface area is 459 Å². The number of nitrogens with one attached hydrogen (secondary N) is 2. The summed E-state index contributed by atoms with van der Waals surface area (Å²) in [5.41, 5.74) is 10.9. The number of aliphatic hydroxyl groups is 3. The average molecular weight is 1110 g/mol. The summed E-state index contributed by atoms with van der Waals surface area (Å²) in [5.74, 6) is -5.61. The fraction of sp³-hybridized carbons (Fsp3) is 0.660. The van der Waals surface area contributed by atoms with Gasteiger partial charge in [-0.05, 0) is 67.5 Å². The summed E-state index contributed by atoms with van der Waals surface area (Å²) in [6, 6.07) is 10.7. The standard InChI is InChI=1S/C53H79N9O17/c1-37-30-41(31-38(2)48(37)67)51(69)55-33-44(64)49(68)50-47(57-45(65)36-62-35-42(58-60-62)40-12-7-4-8-13-40)43(63)32-53(79-50,52(70)71)78-17-9-16-61(34-39-10-5-3-6-11-39)46(66)14-18-72-20-22-74-24-26-76-28-29-77-27-25-75-23-21-73-19-15-56-59-54/h3,5-6,10-11,30-31,35,40,43-44,47,49-50,63-64,67-68H,4,7-9,12-29,32-34,36H2,1-2H3,(H,55,69)(H,57,65)(H,70,71)/t43?,44-,47-,49-,50?,53-/m1/s1. The van der Waals surface area contributed by atoms with E-state index in [1.54, 1.807) is 24.9 Å². The minimum Gasteiger partial charge on any atom is -0.507 e. The van der Waals surface area contributed by atoms with Gasteiger partial charge < -0.3 is 79.0 Å². The Morgan fingerprint density at radius 2 is 1.47 bits per heavy atom. The predicted octanol–water partition coefficient (Wildman–Crippen LogP) is 2.45. The van der Waals surface area contributed by atoms with Gasteiger partial charge in [-0.15, -0.1) is 5.10 Å². The molecular formula is C53H79N9O17. The van der Waals surface area contributed by atoms with Crippen molar-refractivity contribution in [3.8, 4) is 5.75 Å². The van der Waals surface area contributed by atoms with Crippen LogP contribution >= 0.6 is 0 Å². The molecule has 1 saturated heterocycles. The van der Waals surface area contributed by atoms with Crippen molar-refractivity contribution in [1.82, 2.24) is 30.5 Å². The van der Waals surface area contributed by atoms with Gasteiger partial charge in [0, 0.05) is 55.2 Å². The Hall–Kier alpha value is -5.87. The number of amides is 3. The summed E-state index contributed by atoms with van der Waals surface area (Å²) in [6.07, 6.45) is -1.10. The largest absolute Gasteiger partial charge is 0.507 e. The van der Waals surface area contributed by atoms with Gasteiger partial charge in [-0.1, -0.05) is 59.9 Å². The molecule has 0 bridgehead atoms. The van der Waals surface area contributed by atoms with Gasteiger partial charge in [0.25, 0.3) is 11.7 Å². The van der Waals surface area contributed by atoms with Crippen LogP contribution < -0.4 is 10.6 Å². The van der Waals surface area contributed by atoms with E-state index < -0.39 is 67.0 Å². The summed E-state index contributed by atoms with van der Waals surface area (Å²) < 4.78 is 46.2. The minimum absolute atomic E-state index is 0.0165. The molecule has 2 aromatic carbocycles. The molecule has 26 heteroatoms. The molecule has 2 aliphatic rings. The van der Waals surface area contributed by atoms with Crippen molar-refractivity contribution in [2.45, 2.75) is 120 Å². The SMILES string of the molecule is Cc1cc(C(=O)NC[C@@H](O)[C@@H](O)C2O[C@@](OCCCN(Cc3ccccc3)C(=O)CCOCCOCCOCCOCCOCCOCCN=[N+]=[N-])(C(=O)O)CC(O)[C@H]2NC(=O)Cn2cc(C3CCCCC3)nn2)cc(C)c1O. The van der Waals surface area contributed by atoms with Crippen LogP contribution in [-0.4, -0.2) is 211 Å². The number of ether oxygens (including phenoxy) is 8. The number of aryl methyl sites for hydroxylation is 2. The first-order chi connectivity index (χ1) is 38.2. The first-order valence-corrected chi connectivity index (χ1v) is 26.9. The van der Waals surface area contributed by atoms with Crippen LogP contribution in [0.5, 0.6) is 5.75 Å². The van der Waals surface area contributed by atoms with Crippen molar-refractivity contribution in [2.24, 2.45) is 5.11 Å². The molecule has 26 nitrogen and oxygen atoms in total. The maximum Gasteiger partial charge on any atom is 0.364 e. The van der Waals surface area contributed by atoms with Crippen molar-refractivity contribution in [2.75, 3.05) is 106 Å². The number of carboxylic acids is 1. The molecule has 2 heterocycles. The van der Waals surface area contributed by atoms with Crippen LogP contribution in [0.2, 0.25) is 0 Å². The van der Waals surface area contributed by atoms with E-state index in [9.17, 15) is 44.7 Å². The molecule has 1 saturated carbocycles. The van der Waals surface area contributed by atoms with Crippen LogP contribution in [-0.2, 0) is 65.4 Å². The van der Waals surface area contributed by atoms with Crippen molar-refractivity contribution in [3.05, 3.63) is 87.1 Å². The lowest BCUT2D eigenvalue weighted by molar-refractivity contribution is -0.310. The molecule has 5 rings (SSSR count). The lowest BCUT2D eigenvalue weighted by atomic mass is 9.87. The summed E-state index contributed by atoms with van der Waals surface area (Å²) in [6.45, 7) is 6.66. The monoisotopic (exact) mass is 1110 g/mol. The lowest BCUT2D eigenvalue weighted by Gasteiger charge is -2.46. The molecule has 2 fully saturated rings. The second kappa shape index (κ2) is 35.0. The topological polar surface area (TPSA) is 350 Å². The Morgan fingerprint density at radius 3 is 2.06 bits per heavy atom. The smallest absolute Gasteiger partial charge is 0.364 e. The van der Waals surface area contributed by atoms with E-state index in [1.165, 1.54) is 16.8 Å². The minimum atomic E-state index is -2.60. The Balaban J connectivity index is 1.11. The maximum absolute atomic E-state index is 13.6. The molecule has 79 heavy (non-hydrogen) atoms. The van der Waals surface area contributed by atoms with Crippen LogP contribution in [0.3, 0.4) is 0 Å². The van der Waals surface area contributed by atoms with Gasteiger partial charge in [-0.2, -0.15) is 0 Å². The van der Waals surface area contributed by atoms with Crippen molar-refractivity contribution in [1.29, 1.82) is 0 Å². The molecule has 1 aliphatic heterocycles. The van der Waals surface area contributed by atoms with Gasteiger partial charge in [0.05, 0.1) is 116 Å². The van der Waals surface area contributed by atoms with Gasteiger partial charge in [0.2, 0.25) is 11.8 Å². The molecule has 6 atom stereocenters. The number of nitrogens with zero attached hydrogens (tertiary/aromatic N) is 7. The van der Waals surface area contributed by atoms with Gasteiger partial charge in [-0.25, -0.2) is 9.48 Å². The van der Waals surface area contributed by atoms with Crippen LogP contribution in [0.4, 0.5) is 0 Å². The average Bonchev–Trinajstić information content (AvgIpc) is 3.94. The second-order valence-electron chi connectivity index (χ2n) is 19.3. The molecule has 3 amide bonds. The highest BCUT2D eigenvalue weighted by Gasteiger charge is 2.56. The molecule has 0 radical (unpaired) electrons. The summed E-state index contributed by atoms with van der Waals surface area (Å²) in [7, 11) is 0. The molecule has 1 aromatic heterocycles.